The SMILES string of the molecule is O=C(CSc1nc2ccccc2o1)Nc1cnc2ccccc2c1. The van der Waals surface area contributed by atoms with Crippen molar-refractivity contribution in [3.63, 3.8) is 0 Å². The van der Waals surface area contributed by atoms with Crippen molar-refractivity contribution in [1.82, 2.24) is 9.97 Å². The van der Waals surface area contributed by atoms with Gasteiger partial charge in [-0.15, -0.1) is 0 Å². The largest absolute Gasteiger partial charge is 0.431 e. The maximum absolute atomic E-state index is 12.1. The number of oxazole rings is 1. The van der Waals surface area contributed by atoms with Gasteiger partial charge in [-0.3, -0.25) is 9.78 Å². The first-order valence-corrected chi connectivity index (χ1v) is 8.39. The second kappa shape index (κ2) is 6.33. The highest BCUT2D eigenvalue weighted by atomic mass is 32.2. The van der Waals surface area contributed by atoms with Gasteiger partial charge in [0.05, 0.1) is 23.2 Å². The molecule has 0 aliphatic heterocycles. The van der Waals surface area contributed by atoms with Crippen LogP contribution in [0.4, 0.5) is 5.69 Å². The normalized spacial score (nSPS) is 11.0. The van der Waals surface area contributed by atoms with Crippen molar-refractivity contribution < 1.29 is 9.21 Å². The van der Waals surface area contributed by atoms with E-state index in [0.29, 0.717) is 10.9 Å². The van der Waals surface area contributed by atoms with Gasteiger partial charge in [0, 0.05) is 5.39 Å². The molecule has 0 spiro atoms. The fraction of sp³-hybridized carbons (Fsp3) is 0.0556. The summed E-state index contributed by atoms with van der Waals surface area (Å²) in [7, 11) is 0. The number of para-hydroxylation sites is 3. The van der Waals surface area contributed by atoms with E-state index in [-0.39, 0.29) is 11.7 Å². The van der Waals surface area contributed by atoms with Crippen LogP contribution in [0.15, 0.2) is 70.4 Å². The van der Waals surface area contributed by atoms with Crippen LogP contribution in [0.2, 0.25) is 0 Å². The summed E-state index contributed by atoms with van der Waals surface area (Å²) in [6.07, 6.45) is 1.66. The van der Waals surface area contributed by atoms with E-state index in [1.54, 1.807) is 6.20 Å². The molecule has 1 N–H and O–H groups in total. The van der Waals surface area contributed by atoms with Gasteiger partial charge in [0.25, 0.3) is 5.22 Å². The molecule has 0 saturated heterocycles. The molecule has 0 aliphatic rings. The molecular formula is C18H13N3O2S. The van der Waals surface area contributed by atoms with Crippen molar-refractivity contribution in [3.8, 4) is 0 Å². The van der Waals surface area contributed by atoms with Crippen molar-refractivity contribution >= 4 is 45.4 Å². The number of carbonyl (C=O) groups is 1. The highest BCUT2D eigenvalue weighted by Crippen LogP contribution is 2.23. The molecule has 0 fully saturated rings. The Morgan fingerprint density at radius 1 is 1.08 bits per heavy atom. The van der Waals surface area contributed by atoms with E-state index in [1.165, 1.54) is 11.8 Å². The van der Waals surface area contributed by atoms with Crippen LogP contribution in [-0.2, 0) is 4.79 Å². The summed E-state index contributed by atoms with van der Waals surface area (Å²) in [4.78, 5) is 20.8. The Morgan fingerprint density at radius 3 is 2.75 bits per heavy atom. The molecule has 0 radical (unpaired) electrons. The molecule has 1 amide bonds. The summed E-state index contributed by atoms with van der Waals surface area (Å²) in [6, 6.07) is 17.2. The lowest BCUT2D eigenvalue weighted by Gasteiger charge is -2.05. The smallest absolute Gasteiger partial charge is 0.257 e. The van der Waals surface area contributed by atoms with E-state index in [4.69, 9.17) is 4.42 Å². The lowest BCUT2D eigenvalue weighted by atomic mass is 10.2. The Balaban J connectivity index is 1.42. The molecule has 0 saturated carbocycles. The molecule has 0 aliphatic carbocycles. The Morgan fingerprint density at radius 2 is 1.88 bits per heavy atom. The number of amides is 1. The van der Waals surface area contributed by atoms with Gasteiger partial charge >= 0.3 is 0 Å². The van der Waals surface area contributed by atoms with E-state index in [9.17, 15) is 4.79 Å². The number of aromatic nitrogens is 2. The molecule has 0 unspecified atom stereocenters. The predicted octanol–water partition coefficient (Wildman–Crippen LogP) is 4.11. The molecule has 6 heteroatoms. The summed E-state index contributed by atoms with van der Waals surface area (Å²) in [5.41, 5.74) is 3.09. The summed E-state index contributed by atoms with van der Waals surface area (Å²) in [5, 5.41) is 4.32. The van der Waals surface area contributed by atoms with Crippen molar-refractivity contribution in [2.24, 2.45) is 0 Å². The van der Waals surface area contributed by atoms with Gasteiger partial charge in [-0.25, -0.2) is 4.98 Å². The van der Waals surface area contributed by atoms with Crippen LogP contribution >= 0.6 is 11.8 Å². The van der Waals surface area contributed by atoms with Crippen LogP contribution in [-0.4, -0.2) is 21.6 Å². The lowest BCUT2D eigenvalue weighted by molar-refractivity contribution is -0.113. The number of fused-ring (bicyclic) bond motifs is 2. The van der Waals surface area contributed by atoms with Crippen LogP contribution < -0.4 is 5.32 Å². The van der Waals surface area contributed by atoms with Crippen LogP contribution in [0.5, 0.6) is 0 Å². The van der Waals surface area contributed by atoms with Gasteiger partial charge in [-0.2, -0.15) is 0 Å². The van der Waals surface area contributed by atoms with Crippen LogP contribution in [0.3, 0.4) is 0 Å². The average Bonchev–Trinajstić information content (AvgIpc) is 3.03. The number of thioether (sulfide) groups is 1. The number of carbonyl (C=O) groups excluding carboxylic acids is 1. The molecule has 4 rings (SSSR count). The number of nitrogens with zero attached hydrogens (tertiary/aromatic N) is 2. The monoisotopic (exact) mass is 335 g/mol. The highest BCUT2D eigenvalue weighted by Gasteiger charge is 2.09. The summed E-state index contributed by atoms with van der Waals surface area (Å²) in [5.74, 6) is 0.0963. The average molecular weight is 335 g/mol. The van der Waals surface area contributed by atoms with E-state index in [0.717, 1.165) is 22.0 Å². The fourth-order valence-corrected chi connectivity index (χ4v) is 3.01. The van der Waals surface area contributed by atoms with Gasteiger partial charge < -0.3 is 9.73 Å². The van der Waals surface area contributed by atoms with Crippen LogP contribution in [0, 0.1) is 0 Å². The third-order valence-corrected chi connectivity index (χ3v) is 4.30. The second-order valence-electron chi connectivity index (χ2n) is 5.20. The minimum absolute atomic E-state index is 0.126. The van der Waals surface area contributed by atoms with E-state index >= 15 is 0 Å². The number of rotatable bonds is 4. The first-order chi connectivity index (χ1) is 11.8. The predicted molar refractivity (Wildman–Crippen MR) is 95.1 cm³/mol. The van der Waals surface area contributed by atoms with Gasteiger partial charge in [0.1, 0.15) is 5.52 Å². The highest BCUT2D eigenvalue weighted by molar-refractivity contribution is 7.99. The zero-order valence-corrected chi connectivity index (χ0v) is 13.4. The maximum Gasteiger partial charge on any atom is 0.257 e. The molecule has 24 heavy (non-hydrogen) atoms. The van der Waals surface area contributed by atoms with Crippen molar-refractivity contribution in [2.45, 2.75) is 5.22 Å². The van der Waals surface area contributed by atoms with E-state index < -0.39 is 0 Å². The third-order valence-electron chi connectivity index (χ3n) is 3.48. The van der Waals surface area contributed by atoms with Gasteiger partial charge in [-0.1, -0.05) is 42.1 Å². The zero-order chi connectivity index (χ0) is 16.4. The number of anilines is 1. The van der Waals surface area contributed by atoms with Gasteiger partial charge in [0.15, 0.2) is 5.58 Å². The lowest BCUT2D eigenvalue weighted by Crippen LogP contribution is -2.14. The Kier molecular flexibility index (Phi) is 3.88. The van der Waals surface area contributed by atoms with E-state index in [1.807, 2.05) is 54.6 Å². The fourth-order valence-electron chi connectivity index (χ4n) is 2.38. The minimum atomic E-state index is -0.126. The molecule has 0 atom stereocenters. The number of pyridine rings is 1. The quantitative estimate of drug-likeness (QED) is 0.569. The zero-order valence-electron chi connectivity index (χ0n) is 12.6. The van der Waals surface area contributed by atoms with E-state index in [2.05, 4.69) is 15.3 Å². The molecule has 2 heterocycles. The number of nitrogens with one attached hydrogen (secondary N) is 1. The summed E-state index contributed by atoms with van der Waals surface area (Å²) >= 11 is 1.27. The number of hydrogen-bond acceptors (Lipinski definition) is 5. The number of benzene rings is 2. The van der Waals surface area contributed by atoms with Crippen molar-refractivity contribution in [3.05, 3.63) is 60.8 Å². The molecule has 2 aromatic carbocycles. The number of hydrogen-bond donors (Lipinski definition) is 1. The van der Waals surface area contributed by atoms with Crippen molar-refractivity contribution in [1.29, 1.82) is 0 Å². The Hall–Kier alpha value is -2.86. The molecule has 4 aromatic rings. The topological polar surface area (TPSA) is 68.0 Å². The maximum atomic E-state index is 12.1. The first-order valence-electron chi connectivity index (χ1n) is 7.41. The second-order valence-corrected chi connectivity index (χ2v) is 6.13. The van der Waals surface area contributed by atoms with Crippen LogP contribution in [0.1, 0.15) is 0 Å². The standard InChI is InChI=1S/C18H13N3O2S/c22-17(11-24-18-21-15-7-3-4-8-16(15)23-18)20-13-9-12-5-1-2-6-14(12)19-10-13/h1-10H,11H2,(H,20,22). The van der Waals surface area contributed by atoms with Crippen LogP contribution in [0.25, 0.3) is 22.0 Å². The Labute approximate surface area is 142 Å². The molecule has 5 nitrogen and oxygen atoms in total. The van der Waals surface area contributed by atoms with Gasteiger partial charge in [-0.05, 0) is 24.3 Å². The molecule has 118 valence electrons. The van der Waals surface area contributed by atoms with Gasteiger partial charge in [0.2, 0.25) is 5.91 Å². The Bertz CT molecular complexity index is 996. The molecule has 2 aromatic heterocycles. The summed E-state index contributed by atoms with van der Waals surface area (Å²) in [6.45, 7) is 0. The first kappa shape index (κ1) is 14.7. The van der Waals surface area contributed by atoms with Crippen molar-refractivity contribution in [2.75, 3.05) is 11.1 Å². The molecular weight excluding hydrogens is 322 g/mol. The third kappa shape index (κ3) is 3.09. The molecule has 0 bridgehead atoms. The summed E-state index contributed by atoms with van der Waals surface area (Å²) < 4.78 is 5.59. The minimum Gasteiger partial charge on any atom is -0.431 e.